The van der Waals surface area contributed by atoms with Crippen LogP contribution >= 0.6 is 0 Å². The molecule has 5 nitrogen and oxygen atoms in total. The molecule has 1 N–H and O–H groups in total. The molecule has 148 valence electrons. The Morgan fingerprint density at radius 3 is 1.55 bits per heavy atom. The van der Waals surface area contributed by atoms with Crippen molar-refractivity contribution in [2.45, 2.75) is 12.1 Å². The molecule has 4 rings (SSSR count). The second-order valence-corrected chi connectivity index (χ2v) is 6.82. The standard InChI is InChI=1S/C24H24N2O3/c1-27-19-10-4-16(5-11-19)22-23(17-6-12-20(28-2)13-7-17)26-24(25-22)18-8-14-21(29-3)15-9-18/h4-15,22-23H,1-3H3,(H,25,26)/t22-,23-/m1/s1. The number of nitrogens with one attached hydrogen (secondary N) is 1. The number of hydrogen-bond donors (Lipinski definition) is 1. The predicted molar refractivity (Wildman–Crippen MR) is 114 cm³/mol. The normalized spacial score (nSPS) is 18.0. The number of rotatable bonds is 6. The number of benzene rings is 3. The lowest BCUT2D eigenvalue weighted by Crippen LogP contribution is -2.25. The number of nitrogens with zero attached hydrogens (tertiary/aromatic N) is 1. The molecule has 2 atom stereocenters. The molecular weight excluding hydrogens is 364 g/mol. The van der Waals surface area contributed by atoms with Crippen molar-refractivity contribution in [3.63, 3.8) is 0 Å². The van der Waals surface area contributed by atoms with Crippen molar-refractivity contribution in [2.24, 2.45) is 4.99 Å². The maximum Gasteiger partial charge on any atom is 0.129 e. The molecule has 3 aromatic rings. The van der Waals surface area contributed by atoms with Crippen LogP contribution in [-0.2, 0) is 0 Å². The Morgan fingerprint density at radius 2 is 1.07 bits per heavy atom. The van der Waals surface area contributed by atoms with Gasteiger partial charge in [0.05, 0.1) is 27.4 Å². The van der Waals surface area contributed by atoms with Gasteiger partial charge in [-0.1, -0.05) is 24.3 Å². The molecule has 0 fully saturated rings. The smallest absolute Gasteiger partial charge is 0.129 e. The van der Waals surface area contributed by atoms with Crippen molar-refractivity contribution in [3.05, 3.63) is 89.5 Å². The molecule has 0 aliphatic carbocycles. The predicted octanol–water partition coefficient (Wildman–Crippen LogP) is 4.54. The van der Waals surface area contributed by atoms with Crippen LogP contribution in [-0.4, -0.2) is 27.2 Å². The van der Waals surface area contributed by atoms with E-state index in [-0.39, 0.29) is 12.1 Å². The van der Waals surface area contributed by atoms with Gasteiger partial charge in [-0.15, -0.1) is 0 Å². The van der Waals surface area contributed by atoms with Gasteiger partial charge >= 0.3 is 0 Å². The van der Waals surface area contributed by atoms with Gasteiger partial charge in [-0.3, -0.25) is 4.99 Å². The summed E-state index contributed by atoms with van der Waals surface area (Å²) in [6.07, 6.45) is 0. The Hall–Kier alpha value is -3.47. The molecule has 1 aliphatic heterocycles. The average Bonchev–Trinajstić information content (AvgIpc) is 3.24. The van der Waals surface area contributed by atoms with E-state index in [4.69, 9.17) is 19.2 Å². The average molecular weight is 388 g/mol. The zero-order valence-corrected chi connectivity index (χ0v) is 16.8. The Morgan fingerprint density at radius 1 is 0.621 bits per heavy atom. The Balaban J connectivity index is 1.70. The number of hydrogen-bond acceptors (Lipinski definition) is 5. The van der Waals surface area contributed by atoms with Crippen LogP contribution in [0.5, 0.6) is 17.2 Å². The minimum absolute atomic E-state index is 0.0198. The van der Waals surface area contributed by atoms with Crippen LogP contribution in [0.2, 0.25) is 0 Å². The maximum absolute atomic E-state index is 5.31. The van der Waals surface area contributed by atoms with Gasteiger partial charge in [0.1, 0.15) is 29.1 Å². The first-order chi connectivity index (χ1) is 14.2. The highest BCUT2D eigenvalue weighted by Gasteiger charge is 2.31. The molecule has 0 spiro atoms. The van der Waals surface area contributed by atoms with Gasteiger partial charge in [-0.25, -0.2) is 0 Å². The number of amidine groups is 1. The van der Waals surface area contributed by atoms with Gasteiger partial charge in [0.25, 0.3) is 0 Å². The molecule has 1 heterocycles. The fourth-order valence-electron chi connectivity index (χ4n) is 3.53. The molecule has 0 saturated carbocycles. The van der Waals surface area contributed by atoms with Gasteiger partial charge in [0.2, 0.25) is 0 Å². The fraction of sp³-hybridized carbons (Fsp3) is 0.208. The van der Waals surface area contributed by atoms with Crippen molar-refractivity contribution in [2.75, 3.05) is 21.3 Å². The largest absolute Gasteiger partial charge is 0.497 e. The summed E-state index contributed by atoms with van der Waals surface area (Å²) in [5.41, 5.74) is 3.31. The Bertz CT molecular complexity index is 980. The number of methoxy groups -OCH3 is 3. The van der Waals surface area contributed by atoms with E-state index in [1.165, 1.54) is 0 Å². The van der Waals surface area contributed by atoms with Crippen LogP contribution in [0, 0.1) is 0 Å². The molecule has 0 aromatic heterocycles. The molecular formula is C24H24N2O3. The minimum Gasteiger partial charge on any atom is -0.497 e. The monoisotopic (exact) mass is 388 g/mol. The SMILES string of the molecule is COc1ccc(C2=N[C@H](c3ccc(OC)cc3)[C@@H](c3ccc(OC)cc3)N2)cc1. The molecule has 0 bridgehead atoms. The summed E-state index contributed by atoms with van der Waals surface area (Å²) in [4.78, 5) is 5.03. The summed E-state index contributed by atoms with van der Waals surface area (Å²) in [6.45, 7) is 0. The first kappa shape index (κ1) is 18.9. The first-order valence-electron chi connectivity index (χ1n) is 9.48. The molecule has 29 heavy (non-hydrogen) atoms. The van der Waals surface area contributed by atoms with E-state index in [0.717, 1.165) is 39.8 Å². The van der Waals surface area contributed by atoms with Crippen LogP contribution in [0.15, 0.2) is 77.8 Å². The summed E-state index contributed by atoms with van der Waals surface area (Å²) in [5.74, 6) is 3.36. The lowest BCUT2D eigenvalue weighted by Gasteiger charge is -2.20. The lowest BCUT2D eigenvalue weighted by molar-refractivity contribution is 0.414. The van der Waals surface area contributed by atoms with E-state index in [2.05, 4.69) is 29.6 Å². The van der Waals surface area contributed by atoms with Gasteiger partial charge in [0.15, 0.2) is 0 Å². The second kappa shape index (κ2) is 8.27. The van der Waals surface area contributed by atoms with Crippen molar-refractivity contribution < 1.29 is 14.2 Å². The summed E-state index contributed by atoms with van der Waals surface area (Å²) >= 11 is 0. The molecule has 0 unspecified atom stereocenters. The van der Waals surface area contributed by atoms with Crippen LogP contribution in [0.1, 0.15) is 28.8 Å². The van der Waals surface area contributed by atoms with E-state index in [1.54, 1.807) is 21.3 Å². The van der Waals surface area contributed by atoms with Crippen molar-refractivity contribution in [1.29, 1.82) is 0 Å². The topological polar surface area (TPSA) is 52.1 Å². The lowest BCUT2D eigenvalue weighted by atomic mass is 9.94. The fourth-order valence-corrected chi connectivity index (χ4v) is 3.53. The van der Waals surface area contributed by atoms with Gasteiger partial charge < -0.3 is 19.5 Å². The highest BCUT2D eigenvalue weighted by molar-refractivity contribution is 6.00. The third-order valence-corrected chi connectivity index (χ3v) is 5.17. The number of aliphatic imine (C=N–C) groups is 1. The van der Waals surface area contributed by atoms with E-state index in [9.17, 15) is 0 Å². The Labute approximate surface area is 171 Å². The zero-order valence-electron chi connectivity index (χ0n) is 16.8. The van der Waals surface area contributed by atoms with E-state index in [0.29, 0.717) is 0 Å². The van der Waals surface area contributed by atoms with Gasteiger partial charge in [-0.2, -0.15) is 0 Å². The molecule has 5 heteroatoms. The van der Waals surface area contributed by atoms with E-state index >= 15 is 0 Å². The quantitative estimate of drug-likeness (QED) is 0.673. The Kier molecular flexibility index (Phi) is 5.38. The van der Waals surface area contributed by atoms with E-state index in [1.807, 2.05) is 48.5 Å². The first-order valence-corrected chi connectivity index (χ1v) is 9.48. The van der Waals surface area contributed by atoms with Crippen LogP contribution in [0.4, 0.5) is 0 Å². The highest BCUT2D eigenvalue weighted by atomic mass is 16.5. The van der Waals surface area contributed by atoms with E-state index < -0.39 is 0 Å². The molecule has 0 amide bonds. The minimum atomic E-state index is -0.0496. The second-order valence-electron chi connectivity index (χ2n) is 6.82. The summed E-state index contributed by atoms with van der Waals surface area (Å²) in [5, 5.41) is 3.61. The number of ether oxygens (including phenoxy) is 3. The summed E-state index contributed by atoms with van der Waals surface area (Å²) in [6, 6.07) is 24.1. The molecule has 3 aromatic carbocycles. The summed E-state index contributed by atoms with van der Waals surface area (Å²) < 4.78 is 15.9. The van der Waals surface area contributed by atoms with Crippen LogP contribution < -0.4 is 19.5 Å². The third kappa shape index (κ3) is 3.90. The van der Waals surface area contributed by atoms with Gasteiger partial charge in [-0.05, 0) is 59.7 Å². The summed E-state index contributed by atoms with van der Waals surface area (Å²) in [7, 11) is 5.01. The highest BCUT2D eigenvalue weighted by Crippen LogP contribution is 2.38. The third-order valence-electron chi connectivity index (χ3n) is 5.17. The zero-order chi connectivity index (χ0) is 20.2. The van der Waals surface area contributed by atoms with Crippen LogP contribution in [0.3, 0.4) is 0 Å². The molecule has 0 radical (unpaired) electrons. The maximum atomic E-state index is 5.31. The molecule has 1 aliphatic rings. The van der Waals surface area contributed by atoms with Gasteiger partial charge in [0, 0.05) is 5.56 Å². The molecule has 0 saturated heterocycles. The van der Waals surface area contributed by atoms with Crippen LogP contribution in [0.25, 0.3) is 0 Å². The van der Waals surface area contributed by atoms with Crippen molar-refractivity contribution in [3.8, 4) is 17.2 Å². The van der Waals surface area contributed by atoms with Crippen molar-refractivity contribution in [1.82, 2.24) is 5.32 Å². The van der Waals surface area contributed by atoms with Crippen molar-refractivity contribution >= 4 is 5.84 Å².